The molecule has 0 saturated carbocycles. The molecule has 0 fully saturated rings. The minimum absolute atomic E-state index is 0.0733. The average molecular weight is 741 g/mol. The maximum absolute atomic E-state index is 13.1. The largest absolute Gasteiger partial charge is 0.292 e. The lowest BCUT2D eigenvalue weighted by Gasteiger charge is -2.19. The van der Waals surface area contributed by atoms with Crippen molar-refractivity contribution in [2.75, 3.05) is 13.1 Å². The van der Waals surface area contributed by atoms with E-state index >= 15 is 0 Å². The Kier molecular flexibility index (Phi) is 13.6. The number of amidine groups is 2. The second kappa shape index (κ2) is 17.2. The van der Waals surface area contributed by atoms with Crippen molar-refractivity contribution in [3.63, 3.8) is 0 Å². The highest BCUT2D eigenvalue weighted by Crippen LogP contribution is 2.28. The molecule has 12 nitrogen and oxygen atoms in total. The van der Waals surface area contributed by atoms with Gasteiger partial charge in [-0.2, -0.15) is 16.8 Å². The number of benzene rings is 2. The Hall–Kier alpha value is -2.82. The molecular weight excluding hydrogens is 693 g/mol. The lowest BCUT2D eigenvalue weighted by Crippen LogP contribution is -2.35. The standard InChI is InChI=1S/C32H48N6O6S4/c1-5-31-33-37(47(41,42)29-21-17-27(3)18-22-29)45(39)35(31)25-15-13-11-9-7-8-10-12-14-16-26-36-32(6-2)34-38(46(36)40)48(43,44)30-23-19-28(4)20-24-30/h17-24H,5-16,25-26H2,1-4H3. The molecule has 4 rings (SSSR count). The van der Waals surface area contributed by atoms with Gasteiger partial charge in [-0.25, -0.2) is 8.42 Å². The van der Waals surface area contributed by atoms with Gasteiger partial charge >= 0.3 is 0 Å². The first kappa shape index (κ1) is 38.0. The number of aryl methyl sites for hydroxylation is 2. The van der Waals surface area contributed by atoms with Crippen LogP contribution in [0.3, 0.4) is 0 Å². The maximum Gasteiger partial charge on any atom is 0.292 e. The molecule has 0 spiro atoms. The molecule has 0 amide bonds. The Labute approximate surface area is 291 Å². The van der Waals surface area contributed by atoms with E-state index in [2.05, 4.69) is 10.2 Å². The summed E-state index contributed by atoms with van der Waals surface area (Å²) in [5, 5.41) is 8.42. The van der Waals surface area contributed by atoms with Crippen LogP contribution >= 0.6 is 0 Å². The minimum atomic E-state index is -4.00. The number of unbranched alkanes of at least 4 members (excludes halogenated alkanes) is 9. The summed E-state index contributed by atoms with van der Waals surface area (Å²) in [4.78, 5) is 0.147. The van der Waals surface area contributed by atoms with E-state index in [0.29, 0.717) is 37.6 Å². The zero-order chi connectivity index (χ0) is 34.9. The molecule has 0 aromatic heterocycles. The fraction of sp³-hybridized carbons (Fsp3) is 0.562. The van der Waals surface area contributed by atoms with Crippen molar-refractivity contribution < 1.29 is 25.3 Å². The first-order chi connectivity index (χ1) is 22.9. The molecule has 48 heavy (non-hydrogen) atoms. The second-order valence-electron chi connectivity index (χ2n) is 12.0. The number of rotatable bonds is 19. The average Bonchev–Trinajstić information content (AvgIpc) is 3.57. The Morgan fingerprint density at radius 3 is 1.10 bits per heavy atom. The number of nitrogens with zero attached hydrogens (tertiary/aromatic N) is 6. The van der Waals surface area contributed by atoms with E-state index in [1.54, 1.807) is 32.9 Å². The highest BCUT2D eigenvalue weighted by molar-refractivity contribution is 8.01. The van der Waals surface area contributed by atoms with Gasteiger partial charge in [0.15, 0.2) is 0 Å². The van der Waals surface area contributed by atoms with Gasteiger partial charge < -0.3 is 0 Å². The summed E-state index contributed by atoms with van der Waals surface area (Å²) in [6, 6.07) is 12.9. The zero-order valence-corrected chi connectivity index (χ0v) is 31.6. The Balaban J connectivity index is 1.09. The van der Waals surface area contributed by atoms with Gasteiger partial charge in [-0.05, 0) is 51.0 Å². The fourth-order valence-electron chi connectivity index (χ4n) is 5.42. The van der Waals surface area contributed by atoms with Gasteiger partial charge in [0, 0.05) is 25.9 Å². The van der Waals surface area contributed by atoms with Gasteiger partial charge in [0.05, 0.1) is 9.79 Å². The van der Waals surface area contributed by atoms with E-state index in [-0.39, 0.29) is 9.79 Å². The molecule has 2 aromatic rings. The number of hydrogen-bond acceptors (Lipinski definition) is 8. The van der Waals surface area contributed by atoms with E-state index in [0.717, 1.165) is 83.0 Å². The van der Waals surface area contributed by atoms with Crippen molar-refractivity contribution in [3.05, 3.63) is 59.7 Å². The highest BCUT2D eigenvalue weighted by Gasteiger charge is 2.40. The van der Waals surface area contributed by atoms with Gasteiger partial charge in [0.1, 0.15) is 11.7 Å². The van der Waals surface area contributed by atoms with Crippen LogP contribution in [0, 0.1) is 13.8 Å². The van der Waals surface area contributed by atoms with Crippen molar-refractivity contribution in [1.82, 2.24) is 16.2 Å². The molecule has 0 saturated heterocycles. The van der Waals surface area contributed by atoms with Crippen LogP contribution in [0.1, 0.15) is 102 Å². The van der Waals surface area contributed by atoms with E-state index in [9.17, 15) is 25.3 Å². The zero-order valence-electron chi connectivity index (χ0n) is 28.3. The SMILES string of the molecule is CCC1=NN(S(=O)(=O)c2ccc(C)cc2)S(=O)N1CCCCCCCCCCCCN1C(CC)=NN(S(=O)(=O)c2ccc(C)cc2)S1=O. The van der Waals surface area contributed by atoms with E-state index in [1.165, 1.54) is 24.3 Å². The van der Waals surface area contributed by atoms with Crippen molar-refractivity contribution >= 4 is 54.1 Å². The Morgan fingerprint density at radius 2 is 0.812 bits per heavy atom. The lowest BCUT2D eigenvalue weighted by molar-refractivity contribution is 0.506. The van der Waals surface area contributed by atoms with E-state index in [4.69, 9.17) is 0 Å². The summed E-state index contributed by atoms with van der Waals surface area (Å²) in [5.74, 6) is 1.03. The molecule has 2 aliphatic heterocycles. The smallest absolute Gasteiger partial charge is 0.258 e. The normalized spacial score (nSPS) is 18.5. The van der Waals surface area contributed by atoms with Crippen LogP contribution in [-0.2, 0) is 42.4 Å². The van der Waals surface area contributed by atoms with E-state index in [1.807, 2.05) is 27.7 Å². The first-order valence-corrected chi connectivity index (χ1v) is 21.7. The van der Waals surface area contributed by atoms with Crippen LogP contribution in [0.2, 0.25) is 0 Å². The molecule has 0 bridgehead atoms. The predicted molar refractivity (Wildman–Crippen MR) is 192 cm³/mol. The molecule has 0 N–H and O–H groups in total. The maximum atomic E-state index is 13.1. The second-order valence-corrected chi connectivity index (χ2v) is 18.5. The van der Waals surface area contributed by atoms with Gasteiger partial charge in [0.25, 0.3) is 42.4 Å². The molecular formula is C32H48N6O6S4. The third kappa shape index (κ3) is 9.04. The van der Waals surface area contributed by atoms with Crippen LogP contribution in [0.15, 0.2) is 68.5 Å². The lowest BCUT2D eigenvalue weighted by atomic mass is 10.1. The summed E-state index contributed by atoms with van der Waals surface area (Å²) in [7, 11) is -8.01. The molecule has 2 aromatic carbocycles. The molecule has 2 unspecified atom stereocenters. The van der Waals surface area contributed by atoms with Crippen molar-refractivity contribution in [2.45, 2.75) is 115 Å². The van der Waals surface area contributed by atoms with Crippen LogP contribution in [0.4, 0.5) is 0 Å². The summed E-state index contributed by atoms with van der Waals surface area (Å²) < 4.78 is 83.2. The van der Waals surface area contributed by atoms with Gasteiger partial charge in [-0.3, -0.25) is 8.61 Å². The molecule has 0 radical (unpaired) electrons. The molecule has 2 atom stereocenters. The molecule has 266 valence electrons. The molecule has 0 aliphatic carbocycles. The third-order valence-corrected chi connectivity index (χ3v) is 15.2. The van der Waals surface area contributed by atoms with Crippen LogP contribution < -0.4 is 0 Å². The van der Waals surface area contributed by atoms with Gasteiger partial charge in [0.2, 0.25) is 0 Å². The van der Waals surface area contributed by atoms with Crippen molar-refractivity contribution in [1.29, 1.82) is 0 Å². The van der Waals surface area contributed by atoms with Crippen LogP contribution in [-0.4, -0.2) is 66.3 Å². The van der Waals surface area contributed by atoms with Gasteiger partial charge in [-0.1, -0.05) is 108 Å². The summed E-state index contributed by atoms with van der Waals surface area (Å²) in [6.45, 7) is 8.48. The Morgan fingerprint density at radius 1 is 0.521 bits per heavy atom. The topological polar surface area (TPSA) is 140 Å². The highest BCUT2D eigenvalue weighted by atomic mass is 32.3. The summed E-state index contributed by atoms with van der Waals surface area (Å²) in [5.41, 5.74) is 1.88. The van der Waals surface area contributed by atoms with Crippen molar-refractivity contribution in [3.8, 4) is 0 Å². The van der Waals surface area contributed by atoms with Crippen LogP contribution in [0.25, 0.3) is 0 Å². The van der Waals surface area contributed by atoms with Crippen molar-refractivity contribution in [2.24, 2.45) is 10.2 Å². The minimum Gasteiger partial charge on any atom is -0.258 e. The van der Waals surface area contributed by atoms with Crippen LogP contribution in [0.5, 0.6) is 0 Å². The fourth-order valence-corrected chi connectivity index (χ4v) is 11.4. The van der Waals surface area contributed by atoms with E-state index < -0.39 is 42.4 Å². The summed E-state index contributed by atoms with van der Waals surface area (Å²) >= 11 is -3.84. The number of hydrazone groups is 2. The third-order valence-electron chi connectivity index (χ3n) is 8.27. The molecule has 2 aliphatic rings. The summed E-state index contributed by atoms with van der Waals surface area (Å²) in [6.07, 6.45) is 11.0. The molecule has 2 heterocycles. The van der Waals surface area contributed by atoms with Gasteiger partial charge in [-0.15, -0.1) is 10.2 Å². The first-order valence-electron chi connectivity index (χ1n) is 16.7. The Bertz CT molecular complexity index is 1590. The predicted octanol–water partition coefficient (Wildman–Crippen LogP) is 6.12. The number of hydrogen-bond donors (Lipinski definition) is 0. The monoisotopic (exact) mass is 740 g/mol. The molecule has 16 heteroatoms. The number of sulfonamides is 2. The quantitative estimate of drug-likeness (QED) is 0.159.